The summed E-state index contributed by atoms with van der Waals surface area (Å²) >= 11 is 0. The Labute approximate surface area is 99.7 Å². The number of hydrogen-bond acceptors (Lipinski definition) is 0. The molecule has 0 aliphatic heterocycles. The van der Waals surface area contributed by atoms with Crippen molar-refractivity contribution in [3.05, 3.63) is 59.2 Å². The van der Waals surface area contributed by atoms with Gasteiger partial charge in [-0.1, -0.05) is 61.9 Å². The zero-order valence-corrected chi connectivity index (χ0v) is 10.8. The molecule has 0 aliphatic carbocycles. The maximum Gasteiger partial charge on any atom is 0.00576 e. The molecule has 1 aromatic carbocycles. The summed E-state index contributed by atoms with van der Waals surface area (Å²) < 4.78 is 0. The monoisotopic (exact) mass is 214 g/mol. The van der Waals surface area contributed by atoms with Gasteiger partial charge in [-0.3, -0.25) is 0 Å². The normalized spacial score (nSPS) is 14.4. The van der Waals surface area contributed by atoms with Crippen LogP contribution >= 0.6 is 0 Å². The summed E-state index contributed by atoms with van der Waals surface area (Å²) in [7, 11) is 0. The van der Waals surface area contributed by atoms with Gasteiger partial charge in [-0.15, -0.1) is 0 Å². The van der Waals surface area contributed by atoms with Gasteiger partial charge >= 0.3 is 0 Å². The molecular weight excluding hydrogens is 192 g/mol. The molecule has 1 aromatic rings. The highest BCUT2D eigenvalue weighted by Gasteiger charge is 2.07. The van der Waals surface area contributed by atoms with Crippen molar-refractivity contribution in [1.29, 1.82) is 0 Å². The summed E-state index contributed by atoms with van der Waals surface area (Å²) in [6.07, 6.45) is 7.76. The van der Waals surface area contributed by atoms with Gasteiger partial charge in [0.25, 0.3) is 0 Å². The zero-order valence-electron chi connectivity index (χ0n) is 10.8. The minimum Gasteiger partial charge on any atom is -0.0845 e. The highest BCUT2D eigenvalue weighted by molar-refractivity contribution is 5.35. The first-order valence-corrected chi connectivity index (χ1v) is 6.08. The van der Waals surface area contributed by atoms with E-state index in [9.17, 15) is 0 Å². The lowest BCUT2D eigenvalue weighted by molar-refractivity contribution is 0.915. The van der Waals surface area contributed by atoms with E-state index in [0.717, 1.165) is 6.42 Å². The molecule has 0 spiro atoms. The Morgan fingerprint density at radius 3 is 2.38 bits per heavy atom. The van der Waals surface area contributed by atoms with E-state index in [1.807, 2.05) is 0 Å². The van der Waals surface area contributed by atoms with Gasteiger partial charge in [-0.25, -0.2) is 0 Å². The van der Waals surface area contributed by atoms with E-state index < -0.39 is 0 Å². The van der Waals surface area contributed by atoms with E-state index in [1.54, 1.807) is 0 Å². The molecule has 0 fully saturated rings. The molecule has 1 rings (SSSR count). The Morgan fingerprint density at radius 2 is 1.88 bits per heavy atom. The molecule has 0 aliphatic rings. The van der Waals surface area contributed by atoms with Gasteiger partial charge in [0.2, 0.25) is 0 Å². The summed E-state index contributed by atoms with van der Waals surface area (Å²) in [6.45, 7) is 8.67. The minimum atomic E-state index is 0.480. The second-order valence-electron chi connectivity index (χ2n) is 4.23. The molecule has 0 saturated heterocycles. The second kappa shape index (κ2) is 6.32. The molecule has 0 amide bonds. The number of hydrogen-bond donors (Lipinski definition) is 0. The van der Waals surface area contributed by atoms with Crippen LogP contribution in [0.3, 0.4) is 0 Å². The molecule has 0 heteroatoms. The number of rotatable bonds is 4. The van der Waals surface area contributed by atoms with Crippen molar-refractivity contribution in [2.24, 2.45) is 0 Å². The lowest BCUT2D eigenvalue weighted by Crippen LogP contribution is -1.96. The van der Waals surface area contributed by atoms with Crippen molar-refractivity contribution >= 4 is 0 Å². The van der Waals surface area contributed by atoms with Crippen molar-refractivity contribution in [2.45, 2.75) is 40.0 Å². The van der Waals surface area contributed by atoms with Crippen LogP contribution in [0.4, 0.5) is 0 Å². The van der Waals surface area contributed by atoms with E-state index >= 15 is 0 Å². The molecule has 1 unspecified atom stereocenters. The predicted octanol–water partition coefficient (Wildman–Crippen LogP) is 5.01. The fraction of sp³-hybridized carbons (Fsp3) is 0.375. The van der Waals surface area contributed by atoms with E-state index in [4.69, 9.17) is 0 Å². The van der Waals surface area contributed by atoms with Gasteiger partial charge in [0, 0.05) is 5.92 Å². The van der Waals surface area contributed by atoms with Gasteiger partial charge in [0.05, 0.1) is 0 Å². The SMILES string of the molecule is C/C=C(\C=C/CC)C(C)c1ccc(C)cc1. The Hall–Kier alpha value is -1.30. The third-order valence-electron chi connectivity index (χ3n) is 2.96. The number of benzene rings is 1. The van der Waals surface area contributed by atoms with Crippen LogP contribution in [0.25, 0.3) is 0 Å². The largest absolute Gasteiger partial charge is 0.0845 e. The fourth-order valence-electron chi connectivity index (χ4n) is 1.79. The molecule has 1 atom stereocenters. The first-order valence-electron chi connectivity index (χ1n) is 6.08. The van der Waals surface area contributed by atoms with Crippen LogP contribution in [0.15, 0.2) is 48.1 Å². The van der Waals surface area contributed by atoms with Crippen LogP contribution < -0.4 is 0 Å². The van der Waals surface area contributed by atoms with Crippen molar-refractivity contribution in [2.75, 3.05) is 0 Å². The first-order chi connectivity index (χ1) is 7.69. The van der Waals surface area contributed by atoms with Crippen LogP contribution in [0.1, 0.15) is 44.2 Å². The van der Waals surface area contributed by atoms with Gasteiger partial charge in [0.1, 0.15) is 0 Å². The lowest BCUT2D eigenvalue weighted by atomic mass is 9.92. The summed E-state index contributed by atoms with van der Waals surface area (Å²) in [5.41, 5.74) is 4.10. The third-order valence-corrected chi connectivity index (χ3v) is 2.96. The zero-order chi connectivity index (χ0) is 12.0. The summed E-state index contributed by atoms with van der Waals surface area (Å²) in [6, 6.07) is 8.82. The first kappa shape index (κ1) is 12.8. The van der Waals surface area contributed by atoms with Gasteiger partial charge in [0.15, 0.2) is 0 Å². The molecule has 86 valence electrons. The summed E-state index contributed by atoms with van der Waals surface area (Å²) in [5, 5.41) is 0. The Bertz CT molecular complexity index is 366. The Balaban J connectivity index is 2.87. The molecule has 0 N–H and O–H groups in total. The Morgan fingerprint density at radius 1 is 1.25 bits per heavy atom. The molecular formula is C16H22. The quantitative estimate of drug-likeness (QED) is 0.618. The van der Waals surface area contributed by atoms with Gasteiger partial charge in [-0.05, 0) is 31.4 Å². The van der Waals surface area contributed by atoms with Crippen LogP contribution in [0.2, 0.25) is 0 Å². The average molecular weight is 214 g/mol. The molecule has 0 bridgehead atoms. The van der Waals surface area contributed by atoms with Crippen molar-refractivity contribution < 1.29 is 0 Å². The van der Waals surface area contributed by atoms with Gasteiger partial charge < -0.3 is 0 Å². The van der Waals surface area contributed by atoms with Crippen molar-refractivity contribution in [3.8, 4) is 0 Å². The second-order valence-corrected chi connectivity index (χ2v) is 4.23. The topological polar surface area (TPSA) is 0 Å². The van der Waals surface area contributed by atoms with E-state index in [-0.39, 0.29) is 0 Å². The highest BCUT2D eigenvalue weighted by Crippen LogP contribution is 2.25. The van der Waals surface area contributed by atoms with Gasteiger partial charge in [-0.2, -0.15) is 0 Å². The Kier molecular flexibility index (Phi) is 5.04. The number of allylic oxidation sites excluding steroid dienone is 4. The van der Waals surface area contributed by atoms with Crippen LogP contribution in [-0.4, -0.2) is 0 Å². The fourth-order valence-corrected chi connectivity index (χ4v) is 1.79. The highest BCUT2D eigenvalue weighted by atomic mass is 14.1. The molecule has 0 aromatic heterocycles. The molecule has 16 heavy (non-hydrogen) atoms. The standard InChI is InChI=1S/C16H22/c1-5-7-8-15(6-2)14(4)16-11-9-13(3)10-12-16/h6-12,14H,5H2,1-4H3/b8-7-,15-6+. The van der Waals surface area contributed by atoms with E-state index in [2.05, 4.69) is 70.2 Å². The van der Waals surface area contributed by atoms with E-state index in [0.29, 0.717) is 5.92 Å². The average Bonchev–Trinajstić information content (AvgIpc) is 2.30. The van der Waals surface area contributed by atoms with Crippen LogP contribution in [0, 0.1) is 6.92 Å². The van der Waals surface area contributed by atoms with Crippen LogP contribution in [-0.2, 0) is 0 Å². The molecule has 0 radical (unpaired) electrons. The smallest absolute Gasteiger partial charge is 0.00576 e. The molecule has 0 heterocycles. The van der Waals surface area contributed by atoms with Crippen LogP contribution in [0.5, 0.6) is 0 Å². The molecule has 0 nitrogen and oxygen atoms in total. The lowest BCUT2D eigenvalue weighted by Gasteiger charge is -2.13. The maximum absolute atomic E-state index is 2.26. The third kappa shape index (κ3) is 3.37. The van der Waals surface area contributed by atoms with Crippen molar-refractivity contribution in [1.82, 2.24) is 0 Å². The summed E-state index contributed by atoms with van der Waals surface area (Å²) in [5.74, 6) is 0.480. The van der Waals surface area contributed by atoms with Crippen molar-refractivity contribution in [3.63, 3.8) is 0 Å². The predicted molar refractivity (Wildman–Crippen MR) is 72.8 cm³/mol. The summed E-state index contributed by atoms with van der Waals surface area (Å²) in [4.78, 5) is 0. The minimum absolute atomic E-state index is 0.480. The maximum atomic E-state index is 2.26. The van der Waals surface area contributed by atoms with E-state index in [1.165, 1.54) is 16.7 Å². The molecule has 0 saturated carbocycles. The number of aryl methyl sites for hydroxylation is 1.